The second-order valence-corrected chi connectivity index (χ2v) is 8.52. The first-order chi connectivity index (χ1) is 13.3. The molecular formula is C21H25FN4O2. The molecule has 0 spiro atoms. The van der Waals surface area contributed by atoms with Crippen molar-refractivity contribution < 1.29 is 14.0 Å². The molecule has 6 nitrogen and oxygen atoms in total. The molecule has 1 atom stereocenters. The third-order valence-corrected chi connectivity index (χ3v) is 5.59. The van der Waals surface area contributed by atoms with Crippen LogP contribution in [0.1, 0.15) is 50.4 Å². The predicted octanol–water partition coefficient (Wildman–Crippen LogP) is 2.76. The molecule has 1 aliphatic heterocycles. The first kappa shape index (κ1) is 18.7. The number of carbonyl (C=O) groups is 2. The molecule has 2 amide bonds. The molecule has 1 N–H and O–H groups in total. The summed E-state index contributed by atoms with van der Waals surface area (Å²) in [5, 5.41) is 7.62. The quantitative estimate of drug-likeness (QED) is 0.881. The normalized spacial score (nSPS) is 20.9. The van der Waals surface area contributed by atoms with Crippen LogP contribution in [0.3, 0.4) is 0 Å². The number of aromatic nitrogens is 2. The van der Waals surface area contributed by atoms with Gasteiger partial charge in [0.05, 0.1) is 30.2 Å². The molecule has 148 valence electrons. The summed E-state index contributed by atoms with van der Waals surface area (Å²) in [5.74, 6) is -0.380. The van der Waals surface area contributed by atoms with Crippen LogP contribution in [0.25, 0.3) is 5.69 Å². The molecule has 1 aliphatic carbocycles. The molecule has 7 heteroatoms. The molecule has 1 saturated heterocycles. The van der Waals surface area contributed by atoms with Crippen molar-refractivity contribution in [2.75, 3.05) is 13.1 Å². The van der Waals surface area contributed by atoms with E-state index in [1.807, 2.05) is 4.68 Å². The van der Waals surface area contributed by atoms with E-state index in [4.69, 9.17) is 0 Å². The van der Waals surface area contributed by atoms with Crippen molar-refractivity contribution in [1.82, 2.24) is 20.0 Å². The number of rotatable bonds is 4. The first-order valence-corrected chi connectivity index (χ1v) is 9.72. The van der Waals surface area contributed by atoms with Gasteiger partial charge in [0, 0.05) is 18.5 Å². The monoisotopic (exact) mass is 384 g/mol. The fraction of sp³-hybridized carbons (Fsp3) is 0.476. The summed E-state index contributed by atoms with van der Waals surface area (Å²) >= 11 is 0. The van der Waals surface area contributed by atoms with Gasteiger partial charge in [-0.25, -0.2) is 9.07 Å². The number of benzene rings is 1. The zero-order valence-corrected chi connectivity index (χ0v) is 16.2. The standard InChI is InChI=1S/C21H25FN4O2/c1-21(2)10-17(24-19(27)13-25-9-3-4-20(25)28)16-12-23-26(18(16)11-21)15-7-5-14(22)6-8-15/h5-8,12,17H,3-4,9-11,13H2,1-2H3,(H,24,27). The molecule has 4 rings (SSSR count). The first-order valence-electron chi connectivity index (χ1n) is 9.72. The van der Waals surface area contributed by atoms with Gasteiger partial charge in [0.2, 0.25) is 11.8 Å². The van der Waals surface area contributed by atoms with Crippen LogP contribution in [0.15, 0.2) is 30.5 Å². The molecule has 0 bridgehead atoms. The number of hydrogen-bond acceptors (Lipinski definition) is 3. The molecule has 2 aromatic rings. The van der Waals surface area contributed by atoms with Crippen LogP contribution in [0, 0.1) is 11.2 Å². The van der Waals surface area contributed by atoms with E-state index in [-0.39, 0.29) is 35.6 Å². The number of halogens is 1. The summed E-state index contributed by atoms with van der Waals surface area (Å²) in [6, 6.07) is 6.10. The van der Waals surface area contributed by atoms with E-state index in [2.05, 4.69) is 24.3 Å². The maximum absolute atomic E-state index is 13.3. The van der Waals surface area contributed by atoms with Gasteiger partial charge in [0.15, 0.2) is 0 Å². The summed E-state index contributed by atoms with van der Waals surface area (Å²) in [6.45, 7) is 5.09. The van der Waals surface area contributed by atoms with Crippen molar-refractivity contribution in [3.05, 3.63) is 47.5 Å². The largest absolute Gasteiger partial charge is 0.348 e. The summed E-state index contributed by atoms with van der Waals surface area (Å²) in [5.41, 5.74) is 2.80. The van der Waals surface area contributed by atoms with Crippen LogP contribution >= 0.6 is 0 Å². The topological polar surface area (TPSA) is 67.2 Å². The Morgan fingerprint density at radius 3 is 2.75 bits per heavy atom. The van der Waals surface area contributed by atoms with Gasteiger partial charge in [-0.05, 0) is 48.9 Å². The number of amides is 2. The van der Waals surface area contributed by atoms with E-state index < -0.39 is 0 Å². The lowest BCUT2D eigenvalue weighted by molar-refractivity contribution is -0.133. The van der Waals surface area contributed by atoms with E-state index in [0.29, 0.717) is 13.0 Å². The molecule has 1 aromatic carbocycles. The van der Waals surface area contributed by atoms with E-state index in [1.165, 1.54) is 12.1 Å². The molecule has 2 aliphatic rings. The lowest BCUT2D eigenvalue weighted by Crippen LogP contribution is -2.42. The highest BCUT2D eigenvalue weighted by atomic mass is 19.1. The minimum Gasteiger partial charge on any atom is -0.348 e. The molecule has 28 heavy (non-hydrogen) atoms. The van der Waals surface area contributed by atoms with Crippen LogP contribution in [-0.2, 0) is 16.0 Å². The lowest BCUT2D eigenvalue weighted by Gasteiger charge is -2.36. The van der Waals surface area contributed by atoms with Gasteiger partial charge < -0.3 is 10.2 Å². The van der Waals surface area contributed by atoms with Gasteiger partial charge in [-0.3, -0.25) is 9.59 Å². The molecule has 2 heterocycles. The van der Waals surface area contributed by atoms with Gasteiger partial charge in [-0.1, -0.05) is 13.8 Å². The van der Waals surface area contributed by atoms with Crippen LogP contribution in [0.4, 0.5) is 4.39 Å². The summed E-state index contributed by atoms with van der Waals surface area (Å²) in [7, 11) is 0. The van der Waals surface area contributed by atoms with Crippen molar-refractivity contribution in [3.63, 3.8) is 0 Å². The van der Waals surface area contributed by atoms with Crippen LogP contribution in [0.5, 0.6) is 0 Å². The van der Waals surface area contributed by atoms with Crippen molar-refractivity contribution >= 4 is 11.8 Å². The zero-order chi connectivity index (χ0) is 19.9. The smallest absolute Gasteiger partial charge is 0.240 e. The zero-order valence-electron chi connectivity index (χ0n) is 16.2. The maximum Gasteiger partial charge on any atom is 0.240 e. The number of fused-ring (bicyclic) bond motifs is 1. The van der Waals surface area contributed by atoms with Crippen molar-refractivity contribution in [1.29, 1.82) is 0 Å². The minimum atomic E-state index is -0.285. The second-order valence-electron chi connectivity index (χ2n) is 8.52. The van der Waals surface area contributed by atoms with Gasteiger partial charge in [-0.2, -0.15) is 5.10 Å². The predicted molar refractivity (Wildman–Crippen MR) is 102 cm³/mol. The Morgan fingerprint density at radius 2 is 2.07 bits per heavy atom. The Labute approximate surface area is 163 Å². The Morgan fingerprint density at radius 1 is 1.32 bits per heavy atom. The Balaban J connectivity index is 1.57. The fourth-order valence-corrected chi connectivity index (χ4v) is 4.26. The van der Waals surface area contributed by atoms with E-state index in [9.17, 15) is 14.0 Å². The van der Waals surface area contributed by atoms with Crippen molar-refractivity contribution in [2.45, 2.75) is 45.6 Å². The number of nitrogens with zero attached hydrogens (tertiary/aromatic N) is 3. The van der Waals surface area contributed by atoms with Crippen molar-refractivity contribution in [3.8, 4) is 5.69 Å². The summed E-state index contributed by atoms with van der Waals surface area (Å²) in [6.07, 6.45) is 4.75. The number of carbonyl (C=O) groups excluding carboxylic acids is 2. The van der Waals surface area contributed by atoms with Crippen LogP contribution in [0.2, 0.25) is 0 Å². The molecule has 0 saturated carbocycles. The molecule has 1 unspecified atom stereocenters. The highest BCUT2D eigenvalue weighted by Gasteiger charge is 2.36. The molecule has 1 aromatic heterocycles. The molecule has 1 fully saturated rings. The minimum absolute atomic E-state index is 0.0216. The van der Waals surface area contributed by atoms with E-state index in [0.717, 1.165) is 36.2 Å². The highest BCUT2D eigenvalue weighted by Crippen LogP contribution is 2.41. The third kappa shape index (κ3) is 3.66. The Kier molecular flexibility index (Phi) is 4.69. The SMILES string of the molecule is CC1(C)Cc2c(cnn2-c2ccc(F)cc2)C(NC(=O)CN2CCCC2=O)C1. The summed E-state index contributed by atoms with van der Waals surface area (Å²) < 4.78 is 15.1. The van der Waals surface area contributed by atoms with E-state index >= 15 is 0 Å². The average Bonchev–Trinajstić information content (AvgIpc) is 3.21. The lowest BCUT2D eigenvalue weighted by atomic mass is 9.74. The summed E-state index contributed by atoms with van der Waals surface area (Å²) in [4.78, 5) is 26.0. The van der Waals surface area contributed by atoms with Gasteiger partial charge >= 0.3 is 0 Å². The van der Waals surface area contributed by atoms with Gasteiger partial charge in [0.25, 0.3) is 0 Å². The number of hydrogen-bond donors (Lipinski definition) is 1. The van der Waals surface area contributed by atoms with Gasteiger partial charge in [-0.15, -0.1) is 0 Å². The van der Waals surface area contributed by atoms with E-state index in [1.54, 1.807) is 23.2 Å². The number of nitrogens with one attached hydrogen (secondary N) is 1. The maximum atomic E-state index is 13.3. The fourth-order valence-electron chi connectivity index (χ4n) is 4.26. The van der Waals surface area contributed by atoms with Crippen molar-refractivity contribution in [2.24, 2.45) is 5.41 Å². The molecule has 0 radical (unpaired) electrons. The average molecular weight is 384 g/mol. The number of likely N-dealkylation sites (tertiary alicyclic amines) is 1. The second kappa shape index (κ2) is 7.04. The van der Waals surface area contributed by atoms with Gasteiger partial charge in [0.1, 0.15) is 5.82 Å². The van der Waals surface area contributed by atoms with Crippen LogP contribution in [-0.4, -0.2) is 39.6 Å². The Bertz CT molecular complexity index is 904. The van der Waals surface area contributed by atoms with Crippen LogP contribution < -0.4 is 5.32 Å². The molecular weight excluding hydrogens is 359 g/mol. The Hall–Kier alpha value is -2.70. The third-order valence-electron chi connectivity index (χ3n) is 5.59. The highest BCUT2D eigenvalue weighted by molar-refractivity contribution is 5.86.